The van der Waals surface area contributed by atoms with Crippen LogP contribution >= 0.6 is 22.6 Å². The van der Waals surface area contributed by atoms with E-state index in [0.29, 0.717) is 11.3 Å². The van der Waals surface area contributed by atoms with E-state index in [4.69, 9.17) is 10.6 Å². The number of methoxy groups -OCH3 is 1. The topological polar surface area (TPSA) is 64.3 Å². The molecule has 0 fully saturated rings. The van der Waals surface area contributed by atoms with E-state index in [0.717, 1.165) is 3.57 Å². The van der Waals surface area contributed by atoms with Crippen molar-refractivity contribution in [1.29, 1.82) is 0 Å². The number of nitrogens with two attached hydrogens (primary N) is 1. The first kappa shape index (κ1) is 10.3. The van der Waals surface area contributed by atoms with Gasteiger partial charge < -0.3 is 4.74 Å². The van der Waals surface area contributed by atoms with Crippen LogP contribution in [0.1, 0.15) is 10.4 Å². The highest BCUT2D eigenvalue weighted by molar-refractivity contribution is 14.1. The van der Waals surface area contributed by atoms with Crippen molar-refractivity contribution in [1.82, 2.24) is 5.43 Å². The van der Waals surface area contributed by atoms with Crippen molar-refractivity contribution in [3.8, 4) is 5.75 Å². The molecule has 0 aliphatic carbocycles. The van der Waals surface area contributed by atoms with Gasteiger partial charge in [-0.15, -0.1) is 0 Å². The van der Waals surface area contributed by atoms with Crippen molar-refractivity contribution < 1.29 is 9.53 Å². The summed E-state index contributed by atoms with van der Waals surface area (Å²) in [6, 6.07) is 5.29. The third-order valence-electron chi connectivity index (χ3n) is 1.54. The zero-order valence-corrected chi connectivity index (χ0v) is 9.16. The minimum atomic E-state index is -0.352. The van der Waals surface area contributed by atoms with Crippen LogP contribution < -0.4 is 16.0 Å². The van der Waals surface area contributed by atoms with Crippen LogP contribution in [0.25, 0.3) is 0 Å². The maximum Gasteiger partial charge on any atom is 0.268 e. The van der Waals surface area contributed by atoms with Crippen molar-refractivity contribution in [3.05, 3.63) is 27.3 Å². The molecule has 0 unspecified atom stereocenters. The SMILES string of the molecule is COc1ccc(I)cc1C(=O)NN. The normalized spacial score (nSPS) is 9.46. The van der Waals surface area contributed by atoms with Crippen LogP contribution in [0.5, 0.6) is 5.75 Å². The molecule has 0 spiro atoms. The third kappa shape index (κ3) is 2.31. The number of benzene rings is 1. The molecule has 0 atom stereocenters. The summed E-state index contributed by atoms with van der Waals surface area (Å²) in [4.78, 5) is 11.2. The summed E-state index contributed by atoms with van der Waals surface area (Å²) >= 11 is 2.11. The average molecular weight is 292 g/mol. The van der Waals surface area contributed by atoms with Gasteiger partial charge in [0, 0.05) is 3.57 Å². The summed E-state index contributed by atoms with van der Waals surface area (Å²) < 4.78 is 5.96. The van der Waals surface area contributed by atoms with Gasteiger partial charge in [-0.1, -0.05) is 0 Å². The van der Waals surface area contributed by atoms with E-state index in [1.54, 1.807) is 12.1 Å². The first-order chi connectivity index (χ1) is 6.19. The van der Waals surface area contributed by atoms with Gasteiger partial charge in [0.05, 0.1) is 12.7 Å². The molecule has 1 amide bonds. The van der Waals surface area contributed by atoms with Gasteiger partial charge in [-0.3, -0.25) is 10.2 Å². The van der Waals surface area contributed by atoms with Crippen molar-refractivity contribution >= 4 is 28.5 Å². The van der Waals surface area contributed by atoms with Gasteiger partial charge in [-0.2, -0.15) is 0 Å². The smallest absolute Gasteiger partial charge is 0.268 e. The molecule has 13 heavy (non-hydrogen) atoms. The van der Waals surface area contributed by atoms with Crippen molar-refractivity contribution in [2.24, 2.45) is 5.84 Å². The molecule has 0 bridgehead atoms. The molecule has 1 aromatic carbocycles. The number of carbonyl (C=O) groups excluding carboxylic acids is 1. The monoisotopic (exact) mass is 292 g/mol. The van der Waals surface area contributed by atoms with E-state index >= 15 is 0 Å². The predicted octanol–water partition coefficient (Wildman–Crippen LogP) is 0.903. The number of nitrogens with one attached hydrogen (secondary N) is 1. The largest absolute Gasteiger partial charge is 0.496 e. The van der Waals surface area contributed by atoms with E-state index in [9.17, 15) is 4.79 Å². The van der Waals surface area contributed by atoms with Crippen molar-refractivity contribution in [2.45, 2.75) is 0 Å². The molecule has 5 heteroatoms. The Balaban J connectivity index is 3.15. The average Bonchev–Trinajstić information content (AvgIpc) is 2.16. The number of rotatable bonds is 2. The Morgan fingerprint density at radius 3 is 2.85 bits per heavy atom. The second-order valence-electron chi connectivity index (χ2n) is 2.32. The van der Waals surface area contributed by atoms with Gasteiger partial charge in [-0.25, -0.2) is 5.84 Å². The van der Waals surface area contributed by atoms with Crippen LogP contribution in [-0.2, 0) is 0 Å². The van der Waals surface area contributed by atoms with Gasteiger partial charge in [0.25, 0.3) is 5.91 Å². The second kappa shape index (κ2) is 4.43. The lowest BCUT2D eigenvalue weighted by atomic mass is 10.2. The molecule has 0 aliphatic heterocycles. The lowest BCUT2D eigenvalue weighted by molar-refractivity contribution is 0.0950. The number of ether oxygens (including phenoxy) is 1. The van der Waals surface area contributed by atoms with E-state index in [1.165, 1.54) is 7.11 Å². The molecule has 1 aromatic rings. The summed E-state index contributed by atoms with van der Waals surface area (Å²) in [6.45, 7) is 0. The molecule has 4 nitrogen and oxygen atoms in total. The fraction of sp³-hybridized carbons (Fsp3) is 0.125. The highest BCUT2D eigenvalue weighted by Gasteiger charge is 2.10. The molecular formula is C8H9IN2O2. The van der Waals surface area contributed by atoms with Gasteiger partial charge in [0.1, 0.15) is 5.75 Å². The minimum absolute atomic E-state index is 0.352. The van der Waals surface area contributed by atoms with Gasteiger partial charge in [0.15, 0.2) is 0 Å². The standard InChI is InChI=1S/C8H9IN2O2/c1-13-7-3-2-5(9)4-6(7)8(12)11-10/h2-4H,10H2,1H3,(H,11,12). The first-order valence-corrected chi connectivity index (χ1v) is 4.61. The van der Waals surface area contributed by atoms with E-state index in [1.807, 2.05) is 6.07 Å². The molecule has 70 valence electrons. The molecule has 0 saturated carbocycles. The van der Waals surface area contributed by atoms with E-state index in [-0.39, 0.29) is 5.91 Å². The molecule has 0 saturated heterocycles. The molecule has 3 N–H and O–H groups in total. The van der Waals surface area contributed by atoms with E-state index < -0.39 is 0 Å². The zero-order chi connectivity index (χ0) is 9.84. The number of hydrogen-bond donors (Lipinski definition) is 2. The summed E-state index contributed by atoms with van der Waals surface area (Å²) in [5.74, 6) is 5.19. The number of halogens is 1. The quantitative estimate of drug-likeness (QED) is 0.368. The number of amides is 1. The summed E-state index contributed by atoms with van der Waals surface area (Å²) in [5, 5.41) is 0. The lowest BCUT2D eigenvalue weighted by Crippen LogP contribution is -2.30. The minimum Gasteiger partial charge on any atom is -0.496 e. The number of hydrazine groups is 1. The molecule has 1 rings (SSSR count). The van der Waals surface area contributed by atoms with Gasteiger partial charge >= 0.3 is 0 Å². The Morgan fingerprint density at radius 2 is 2.31 bits per heavy atom. The fourth-order valence-corrected chi connectivity index (χ4v) is 1.43. The summed E-state index contributed by atoms with van der Waals surface area (Å²) in [7, 11) is 1.51. The predicted molar refractivity (Wildman–Crippen MR) is 57.4 cm³/mol. The summed E-state index contributed by atoms with van der Waals surface area (Å²) in [6.07, 6.45) is 0. The Hall–Kier alpha value is -0.820. The van der Waals surface area contributed by atoms with Crippen molar-refractivity contribution in [2.75, 3.05) is 7.11 Å². The van der Waals surface area contributed by atoms with Gasteiger partial charge in [-0.05, 0) is 40.8 Å². The Bertz CT molecular complexity index is 328. The molecule has 0 aliphatic rings. The van der Waals surface area contributed by atoms with Crippen LogP contribution in [0.15, 0.2) is 18.2 Å². The fourth-order valence-electron chi connectivity index (χ4n) is 0.935. The Kier molecular flexibility index (Phi) is 3.49. The van der Waals surface area contributed by atoms with Crippen LogP contribution in [0.3, 0.4) is 0 Å². The zero-order valence-electron chi connectivity index (χ0n) is 7.00. The van der Waals surface area contributed by atoms with Crippen LogP contribution in [0.4, 0.5) is 0 Å². The highest BCUT2D eigenvalue weighted by atomic mass is 127. The molecular weight excluding hydrogens is 283 g/mol. The van der Waals surface area contributed by atoms with Crippen molar-refractivity contribution in [3.63, 3.8) is 0 Å². The van der Waals surface area contributed by atoms with Gasteiger partial charge in [0.2, 0.25) is 0 Å². The maximum absolute atomic E-state index is 11.2. The Morgan fingerprint density at radius 1 is 1.62 bits per heavy atom. The Labute approximate surface area is 89.6 Å². The first-order valence-electron chi connectivity index (χ1n) is 3.53. The highest BCUT2D eigenvalue weighted by Crippen LogP contribution is 2.20. The van der Waals surface area contributed by atoms with E-state index in [2.05, 4.69) is 28.0 Å². The number of nitrogen functional groups attached to an aromatic ring is 1. The second-order valence-corrected chi connectivity index (χ2v) is 3.56. The number of hydrogen-bond acceptors (Lipinski definition) is 3. The molecule has 0 heterocycles. The molecule has 0 radical (unpaired) electrons. The van der Waals surface area contributed by atoms with Crippen LogP contribution in [-0.4, -0.2) is 13.0 Å². The maximum atomic E-state index is 11.2. The third-order valence-corrected chi connectivity index (χ3v) is 2.21. The summed E-state index contributed by atoms with van der Waals surface area (Å²) in [5.41, 5.74) is 2.50. The number of carbonyl (C=O) groups is 1. The lowest BCUT2D eigenvalue weighted by Gasteiger charge is -2.06. The van der Waals surface area contributed by atoms with Crippen LogP contribution in [0.2, 0.25) is 0 Å². The molecule has 0 aromatic heterocycles. The van der Waals surface area contributed by atoms with Crippen LogP contribution in [0, 0.1) is 3.57 Å².